The molecule has 0 amide bonds. The summed E-state index contributed by atoms with van der Waals surface area (Å²) in [6, 6.07) is 0. The number of ether oxygens (including phenoxy) is 3. The van der Waals surface area contributed by atoms with E-state index in [1.54, 1.807) is 0 Å². The van der Waals surface area contributed by atoms with Crippen molar-refractivity contribution in [3.63, 3.8) is 0 Å². The maximum absolute atomic E-state index is 12.9. The minimum atomic E-state index is -4.75. The van der Waals surface area contributed by atoms with Gasteiger partial charge in [0.25, 0.3) is 0 Å². The molecule has 0 aliphatic heterocycles. The summed E-state index contributed by atoms with van der Waals surface area (Å²) in [5, 5.41) is 9.83. The third kappa shape index (κ3) is 54.2. The number of carbonyl (C=O) groups excluding carboxylic acids is 3. The third-order valence-electron chi connectivity index (χ3n) is 13.2. The quantitative estimate of drug-likeness (QED) is 0.0197. The second-order valence-electron chi connectivity index (χ2n) is 20.5. The molecule has 11 nitrogen and oxygen atoms in total. The molecule has 2 N–H and O–H groups in total. The summed E-state index contributed by atoms with van der Waals surface area (Å²) in [6.07, 6.45) is 60.6. The first-order valence-corrected chi connectivity index (χ1v) is 32.0. The molecule has 432 valence electrons. The van der Waals surface area contributed by atoms with Crippen molar-refractivity contribution in [3.05, 3.63) is 48.6 Å². The fourth-order valence-corrected chi connectivity index (χ4v) is 9.32. The predicted octanol–water partition coefficient (Wildman–Crippen LogP) is 18.1. The van der Waals surface area contributed by atoms with Gasteiger partial charge >= 0.3 is 25.7 Å². The third-order valence-corrected chi connectivity index (χ3v) is 14.2. The average Bonchev–Trinajstić information content (AvgIpc) is 3.39. The first-order valence-electron chi connectivity index (χ1n) is 30.5. The molecule has 3 atom stereocenters. The van der Waals surface area contributed by atoms with Crippen LogP contribution in [0.2, 0.25) is 0 Å². The molecule has 0 aliphatic carbocycles. The highest BCUT2D eigenvalue weighted by Gasteiger charge is 2.28. The molecule has 0 aromatic heterocycles. The van der Waals surface area contributed by atoms with Gasteiger partial charge in [-0.3, -0.25) is 23.4 Å². The van der Waals surface area contributed by atoms with Crippen LogP contribution in [0.4, 0.5) is 0 Å². The predicted molar refractivity (Wildman–Crippen MR) is 307 cm³/mol. The SMILES string of the molecule is CCCCC/C=C\C/C=C\CCCCCCCCCCCC(=O)OC(COC(=O)CCCCCCCCCCCCC)COP(=O)(O)OCC(CO)OC(=O)CCCCCCCCC/C=C\C/C=C\CCCCC. The van der Waals surface area contributed by atoms with E-state index in [0.717, 1.165) is 89.9 Å². The fourth-order valence-electron chi connectivity index (χ4n) is 8.54. The van der Waals surface area contributed by atoms with Gasteiger partial charge in [0.2, 0.25) is 0 Å². The van der Waals surface area contributed by atoms with E-state index in [2.05, 4.69) is 69.4 Å². The van der Waals surface area contributed by atoms with Crippen LogP contribution in [0.5, 0.6) is 0 Å². The Labute approximate surface area is 453 Å². The Balaban J connectivity index is 4.64. The molecular formula is C62H113O11P. The lowest BCUT2D eigenvalue weighted by Crippen LogP contribution is -2.30. The minimum Gasteiger partial charge on any atom is -0.462 e. The van der Waals surface area contributed by atoms with Gasteiger partial charge in [-0.15, -0.1) is 0 Å². The number of aliphatic hydroxyl groups is 1. The molecule has 0 spiro atoms. The molecule has 0 saturated heterocycles. The van der Waals surface area contributed by atoms with Gasteiger partial charge in [0, 0.05) is 19.3 Å². The average molecular weight is 1070 g/mol. The molecule has 0 fully saturated rings. The van der Waals surface area contributed by atoms with Gasteiger partial charge in [0.1, 0.15) is 12.7 Å². The van der Waals surface area contributed by atoms with Crippen LogP contribution in [-0.4, -0.2) is 66.5 Å². The van der Waals surface area contributed by atoms with E-state index in [9.17, 15) is 28.9 Å². The molecule has 0 bridgehead atoms. The number of allylic oxidation sites excluding steroid dienone is 8. The van der Waals surface area contributed by atoms with Crippen LogP contribution < -0.4 is 0 Å². The highest BCUT2D eigenvalue weighted by atomic mass is 31.2. The molecule has 0 saturated carbocycles. The Hall–Kier alpha value is -2.56. The number of rotatable bonds is 57. The van der Waals surface area contributed by atoms with E-state index in [0.29, 0.717) is 19.3 Å². The number of carbonyl (C=O) groups is 3. The molecule has 0 aromatic carbocycles. The maximum atomic E-state index is 12.9. The van der Waals surface area contributed by atoms with Gasteiger partial charge < -0.3 is 24.2 Å². The number of aliphatic hydroxyl groups excluding tert-OH is 1. The van der Waals surface area contributed by atoms with Crippen LogP contribution in [0, 0.1) is 0 Å². The van der Waals surface area contributed by atoms with Crippen LogP contribution in [-0.2, 0) is 42.2 Å². The molecule has 0 aromatic rings. The lowest BCUT2D eigenvalue weighted by molar-refractivity contribution is -0.161. The summed E-state index contributed by atoms with van der Waals surface area (Å²) in [5.74, 6) is -1.46. The van der Waals surface area contributed by atoms with Crippen molar-refractivity contribution in [1.82, 2.24) is 0 Å². The van der Waals surface area contributed by atoms with Gasteiger partial charge in [-0.2, -0.15) is 0 Å². The van der Waals surface area contributed by atoms with E-state index in [-0.39, 0.29) is 25.9 Å². The number of hydrogen-bond acceptors (Lipinski definition) is 10. The van der Waals surface area contributed by atoms with E-state index in [1.807, 2.05) is 0 Å². The first kappa shape index (κ1) is 71.4. The summed E-state index contributed by atoms with van der Waals surface area (Å²) in [7, 11) is -4.75. The topological polar surface area (TPSA) is 155 Å². The van der Waals surface area contributed by atoms with Gasteiger partial charge in [-0.05, 0) is 83.5 Å². The summed E-state index contributed by atoms with van der Waals surface area (Å²) in [6.45, 7) is 4.61. The lowest BCUT2D eigenvalue weighted by Gasteiger charge is -2.21. The first-order chi connectivity index (χ1) is 36.2. The highest BCUT2D eigenvalue weighted by Crippen LogP contribution is 2.43. The number of phosphoric ester groups is 1. The van der Waals surface area contributed by atoms with Crippen molar-refractivity contribution in [3.8, 4) is 0 Å². The van der Waals surface area contributed by atoms with Crippen molar-refractivity contribution in [1.29, 1.82) is 0 Å². The Kier molecular flexibility index (Phi) is 54.7. The molecule has 0 rings (SSSR count). The fraction of sp³-hybridized carbons (Fsp3) is 0.823. The monoisotopic (exact) mass is 1060 g/mol. The van der Waals surface area contributed by atoms with Crippen LogP contribution in [0.15, 0.2) is 48.6 Å². The Morgan fingerprint density at radius 1 is 0.378 bits per heavy atom. The van der Waals surface area contributed by atoms with Crippen LogP contribution >= 0.6 is 7.82 Å². The lowest BCUT2D eigenvalue weighted by atomic mass is 10.1. The van der Waals surface area contributed by atoms with Crippen molar-refractivity contribution in [2.45, 2.75) is 303 Å². The molecule has 0 heterocycles. The van der Waals surface area contributed by atoms with Crippen molar-refractivity contribution in [2.75, 3.05) is 26.4 Å². The normalized spacial score (nSPS) is 13.6. The van der Waals surface area contributed by atoms with Gasteiger partial charge in [0.15, 0.2) is 6.10 Å². The second-order valence-corrected chi connectivity index (χ2v) is 22.0. The van der Waals surface area contributed by atoms with E-state index < -0.39 is 57.8 Å². The maximum Gasteiger partial charge on any atom is 0.472 e. The Bertz CT molecular complexity index is 1430. The van der Waals surface area contributed by atoms with Gasteiger partial charge in [-0.25, -0.2) is 4.57 Å². The zero-order valence-corrected chi connectivity index (χ0v) is 48.7. The Morgan fingerprint density at radius 3 is 1.03 bits per heavy atom. The van der Waals surface area contributed by atoms with E-state index in [4.69, 9.17) is 23.3 Å². The summed E-state index contributed by atoms with van der Waals surface area (Å²) in [5.41, 5.74) is 0. The smallest absolute Gasteiger partial charge is 0.462 e. The minimum absolute atomic E-state index is 0.165. The van der Waals surface area contributed by atoms with Crippen molar-refractivity contribution < 1.29 is 52.2 Å². The summed E-state index contributed by atoms with van der Waals surface area (Å²) < 4.78 is 39.6. The number of esters is 3. The second kappa shape index (κ2) is 56.6. The summed E-state index contributed by atoms with van der Waals surface area (Å²) >= 11 is 0. The van der Waals surface area contributed by atoms with E-state index >= 15 is 0 Å². The number of phosphoric acid groups is 1. The van der Waals surface area contributed by atoms with Gasteiger partial charge in [0.05, 0.1) is 19.8 Å². The zero-order chi connectivity index (χ0) is 54.1. The Morgan fingerprint density at radius 2 is 0.662 bits per heavy atom. The van der Waals surface area contributed by atoms with Crippen LogP contribution in [0.25, 0.3) is 0 Å². The molecule has 0 radical (unpaired) electrons. The number of unbranched alkanes of at least 4 members (excludes halogenated alkanes) is 32. The molecule has 3 unspecified atom stereocenters. The molecular weight excluding hydrogens is 952 g/mol. The number of hydrogen-bond donors (Lipinski definition) is 2. The largest absolute Gasteiger partial charge is 0.472 e. The van der Waals surface area contributed by atoms with Crippen molar-refractivity contribution >= 4 is 25.7 Å². The molecule has 74 heavy (non-hydrogen) atoms. The van der Waals surface area contributed by atoms with Crippen LogP contribution in [0.1, 0.15) is 290 Å². The zero-order valence-electron chi connectivity index (χ0n) is 47.8. The van der Waals surface area contributed by atoms with E-state index in [1.165, 1.54) is 141 Å². The molecule has 12 heteroatoms. The standard InChI is InChI=1S/C62H113O11P/c1-4-7-10-13-16-19-22-24-26-28-29-31-33-35-38-41-44-47-50-53-62(66)73-59(55-69-60(64)51-48-45-42-39-36-21-18-15-12-9-6-3)57-71-74(67,68)70-56-58(54-63)72-61(65)52-49-46-43-40-37-34-32-30-27-25-23-20-17-14-11-8-5-2/h16-17,19-20,24-27,58-59,63H,4-15,18,21-23,28-57H2,1-3H3,(H,67,68)/b19-16-,20-17-,26-24-,27-25-. The van der Waals surface area contributed by atoms with Gasteiger partial charge in [-0.1, -0.05) is 236 Å². The van der Waals surface area contributed by atoms with Crippen LogP contribution in [0.3, 0.4) is 0 Å². The molecule has 0 aliphatic rings. The van der Waals surface area contributed by atoms with Crippen molar-refractivity contribution in [2.24, 2.45) is 0 Å². The summed E-state index contributed by atoms with van der Waals surface area (Å²) in [4.78, 5) is 48.6. The highest BCUT2D eigenvalue weighted by molar-refractivity contribution is 7.47.